The van der Waals surface area contributed by atoms with E-state index in [1.165, 1.54) is 27.8 Å². The van der Waals surface area contributed by atoms with Gasteiger partial charge < -0.3 is 14.2 Å². The number of hydrogen-bond acceptors (Lipinski definition) is 9. The lowest BCUT2D eigenvalue weighted by molar-refractivity contribution is 0.0520. The Kier molecular flexibility index (Phi) is 11.7. The van der Waals surface area contributed by atoms with Crippen molar-refractivity contribution in [3.63, 3.8) is 0 Å². The van der Waals surface area contributed by atoms with Crippen molar-refractivity contribution in [3.05, 3.63) is 142 Å². The largest absolute Gasteiger partial charge is 0.497 e. The van der Waals surface area contributed by atoms with Gasteiger partial charge in [0.15, 0.2) is 5.69 Å². The van der Waals surface area contributed by atoms with Crippen LogP contribution in [0.1, 0.15) is 52.3 Å². The van der Waals surface area contributed by atoms with Crippen LogP contribution in [-0.2, 0) is 40.7 Å². The Labute approximate surface area is 312 Å². The molecule has 10 nitrogen and oxygen atoms in total. The fraction of sp³-hybridized carbons (Fsp3) is 0.225. The van der Waals surface area contributed by atoms with Gasteiger partial charge in [0.1, 0.15) is 17.3 Å². The molecule has 2 aromatic heterocycles. The molecule has 0 N–H and O–H groups in total. The molecular weight excluding hydrogens is 716 g/mol. The van der Waals surface area contributed by atoms with Gasteiger partial charge in [0.25, 0.3) is 0 Å². The highest BCUT2D eigenvalue weighted by Gasteiger charge is 2.26. The van der Waals surface area contributed by atoms with Gasteiger partial charge in [-0.25, -0.2) is 27.3 Å². The Morgan fingerprint density at radius 2 is 1.38 bits per heavy atom. The van der Waals surface area contributed by atoms with E-state index >= 15 is 0 Å². The van der Waals surface area contributed by atoms with E-state index in [2.05, 4.69) is 4.98 Å². The van der Waals surface area contributed by atoms with Crippen LogP contribution in [0.15, 0.2) is 107 Å². The van der Waals surface area contributed by atoms with Crippen LogP contribution >= 0.6 is 11.3 Å². The fourth-order valence-electron chi connectivity index (χ4n) is 5.92. The maximum absolute atomic E-state index is 14.3. The monoisotopic (exact) mass is 754 g/mol. The molecule has 0 bridgehead atoms. The van der Waals surface area contributed by atoms with Gasteiger partial charge in [0.2, 0.25) is 15.2 Å². The SMILES string of the molecule is CCOC(=O)c1csc(-n2nc(-c3ccc(F)cc3)c(Cc3ccc(S(=O)(=O)N(Cc4ccc(OC)cc4)Cc4ccc(OC)cc4)cc3)c2CC)n1. The van der Waals surface area contributed by atoms with E-state index < -0.39 is 16.0 Å². The first-order valence-corrected chi connectivity index (χ1v) is 19.3. The number of rotatable bonds is 15. The number of sulfonamides is 1. The minimum absolute atomic E-state index is 0.148. The molecule has 0 radical (unpaired) electrons. The molecule has 6 aromatic rings. The Morgan fingerprint density at radius 3 is 1.91 bits per heavy atom. The van der Waals surface area contributed by atoms with Gasteiger partial charge in [-0.15, -0.1) is 11.3 Å². The standard InChI is InChI=1S/C40H39FN4O6S2/c1-5-37-35(38(30-13-15-31(41)16-14-30)43-45(37)40-42-36(26-52-40)39(46)51-6-2)23-27-11-21-34(22-12-27)53(47,48)44(24-28-7-17-32(49-3)18-8-28)25-29-9-19-33(50-4)20-10-29/h7-22,26H,5-6,23-25H2,1-4H3. The summed E-state index contributed by atoms with van der Waals surface area (Å²) in [6.07, 6.45) is 0.990. The number of carbonyl (C=O) groups is 1. The van der Waals surface area contributed by atoms with Crippen molar-refractivity contribution in [2.45, 2.75) is 44.7 Å². The summed E-state index contributed by atoms with van der Waals surface area (Å²) in [5, 5.41) is 7.05. The molecule has 0 aliphatic heterocycles. The van der Waals surface area contributed by atoms with Crippen LogP contribution in [0.2, 0.25) is 0 Å². The van der Waals surface area contributed by atoms with Crippen molar-refractivity contribution in [2.24, 2.45) is 0 Å². The summed E-state index contributed by atoms with van der Waals surface area (Å²) in [7, 11) is -0.783. The second-order valence-electron chi connectivity index (χ2n) is 12.1. The minimum Gasteiger partial charge on any atom is -0.497 e. The summed E-state index contributed by atoms with van der Waals surface area (Å²) in [5.41, 5.74) is 5.75. The molecule has 0 fully saturated rings. The van der Waals surface area contributed by atoms with Crippen LogP contribution in [0.5, 0.6) is 11.5 Å². The summed E-state index contributed by atoms with van der Waals surface area (Å²) in [5.74, 6) is 0.484. The van der Waals surface area contributed by atoms with Crippen molar-refractivity contribution < 1.29 is 31.8 Å². The number of methoxy groups -OCH3 is 2. The molecule has 0 amide bonds. The molecule has 0 aliphatic rings. The topological polar surface area (TPSA) is 113 Å². The molecule has 274 valence electrons. The lowest BCUT2D eigenvalue weighted by Gasteiger charge is -2.23. The van der Waals surface area contributed by atoms with E-state index in [-0.39, 0.29) is 36.1 Å². The highest BCUT2D eigenvalue weighted by Crippen LogP contribution is 2.32. The smallest absolute Gasteiger partial charge is 0.357 e. The number of thiazole rings is 1. The summed E-state index contributed by atoms with van der Waals surface area (Å²) < 4.78 is 61.4. The van der Waals surface area contributed by atoms with Gasteiger partial charge in [-0.2, -0.15) is 9.40 Å². The van der Waals surface area contributed by atoms with Crippen LogP contribution in [0, 0.1) is 5.82 Å². The highest BCUT2D eigenvalue weighted by molar-refractivity contribution is 7.89. The summed E-state index contributed by atoms with van der Waals surface area (Å²) in [6, 6.07) is 27.6. The van der Waals surface area contributed by atoms with E-state index in [1.807, 2.05) is 55.5 Å². The molecule has 4 aromatic carbocycles. The maximum atomic E-state index is 14.3. The van der Waals surface area contributed by atoms with E-state index in [4.69, 9.17) is 19.3 Å². The number of hydrogen-bond donors (Lipinski definition) is 0. The predicted molar refractivity (Wildman–Crippen MR) is 202 cm³/mol. The third-order valence-corrected chi connectivity index (χ3v) is 11.3. The molecule has 0 unspecified atom stereocenters. The summed E-state index contributed by atoms with van der Waals surface area (Å²) in [6.45, 7) is 4.26. The first kappa shape index (κ1) is 37.4. The molecule has 0 atom stereocenters. The Bertz CT molecular complexity index is 2220. The van der Waals surface area contributed by atoms with E-state index in [0.29, 0.717) is 40.7 Å². The number of aromatic nitrogens is 3. The van der Waals surface area contributed by atoms with Gasteiger partial charge in [0.05, 0.1) is 37.1 Å². The Hall–Kier alpha value is -5.37. The van der Waals surface area contributed by atoms with Crippen molar-refractivity contribution >= 4 is 27.3 Å². The number of esters is 1. The molecule has 0 saturated heterocycles. The van der Waals surface area contributed by atoms with Gasteiger partial charge in [-0.1, -0.05) is 43.3 Å². The van der Waals surface area contributed by atoms with E-state index in [0.717, 1.165) is 27.9 Å². The maximum Gasteiger partial charge on any atom is 0.357 e. The number of nitrogens with zero attached hydrogens (tertiary/aromatic N) is 4. The van der Waals surface area contributed by atoms with Crippen molar-refractivity contribution in [1.29, 1.82) is 0 Å². The Morgan fingerprint density at radius 1 is 0.811 bits per heavy atom. The molecule has 13 heteroatoms. The third kappa shape index (κ3) is 8.48. The molecule has 0 spiro atoms. The minimum atomic E-state index is -3.95. The van der Waals surface area contributed by atoms with Crippen LogP contribution in [-0.4, -0.2) is 54.3 Å². The zero-order chi connectivity index (χ0) is 37.5. The molecular formula is C40H39FN4O6S2. The second-order valence-corrected chi connectivity index (χ2v) is 14.8. The molecule has 0 aliphatic carbocycles. The van der Waals surface area contributed by atoms with Crippen molar-refractivity contribution in [3.8, 4) is 27.9 Å². The lowest BCUT2D eigenvalue weighted by Crippen LogP contribution is -2.30. The number of halogens is 1. The molecule has 2 heterocycles. The number of ether oxygens (including phenoxy) is 3. The third-order valence-electron chi connectivity index (χ3n) is 8.68. The predicted octanol–water partition coefficient (Wildman–Crippen LogP) is 7.87. The van der Waals surface area contributed by atoms with E-state index in [1.54, 1.807) is 67.6 Å². The van der Waals surface area contributed by atoms with Crippen molar-refractivity contribution in [1.82, 2.24) is 19.1 Å². The second kappa shape index (κ2) is 16.5. The number of benzene rings is 4. The van der Waals surface area contributed by atoms with Crippen LogP contribution in [0.4, 0.5) is 4.39 Å². The Balaban J connectivity index is 1.33. The quantitative estimate of drug-likeness (QED) is 0.0975. The van der Waals surface area contributed by atoms with Gasteiger partial charge >= 0.3 is 5.97 Å². The van der Waals surface area contributed by atoms with Gasteiger partial charge in [-0.05, 0) is 90.7 Å². The fourth-order valence-corrected chi connectivity index (χ4v) is 8.10. The average Bonchev–Trinajstić information content (AvgIpc) is 3.81. The van der Waals surface area contributed by atoms with Gasteiger partial charge in [-0.3, -0.25) is 0 Å². The first-order valence-electron chi connectivity index (χ1n) is 17.0. The zero-order valence-electron chi connectivity index (χ0n) is 29.8. The highest BCUT2D eigenvalue weighted by atomic mass is 32.2. The molecule has 0 saturated carbocycles. The van der Waals surface area contributed by atoms with Gasteiger partial charge in [0, 0.05) is 36.0 Å². The van der Waals surface area contributed by atoms with Crippen LogP contribution < -0.4 is 9.47 Å². The molecule has 53 heavy (non-hydrogen) atoms. The average molecular weight is 755 g/mol. The molecule has 6 rings (SSSR count). The van der Waals surface area contributed by atoms with E-state index in [9.17, 15) is 17.6 Å². The normalized spacial score (nSPS) is 11.5. The first-order chi connectivity index (χ1) is 25.6. The zero-order valence-corrected chi connectivity index (χ0v) is 31.4. The van der Waals surface area contributed by atoms with Crippen LogP contribution in [0.3, 0.4) is 0 Å². The van der Waals surface area contributed by atoms with Crippen LogP contribution in [0.25, 0.3) is 16.4 Å². The summed E-state index contributed by atoms with van der Waals surface area (Å²) in [4.78, 5) is 17.0. The van der Waals surface area contributed by atoms with Crippen molar-refractivity contribution in [2.75, 3.05) is 20.8 Å². The summed E-state index contributed by atoms with van der Waals surface area (Å²) >= 11 is 1.27. The lowest BCUT2D eigenvalue weighted by atomic mass is 9.98. The number of carbonyl (C=O) groups excluding carboxylic acids is 1.